The van der Waals surface area contributed by atoms with Crippen LogP contribution in [0.5, 0.6) is 5.75 Å². The summed E-state index contributed by atoms with van der Waals surface area (Å²) in [7, 11) is -2.52. The van der Waals surface area contributed by atoms with E-state index in [4.69, 9.17) is 22.1 Å². The van der Waals surface area contributed by atoms with E-state index in [0.717, 1.165) is 10.0 Å². The molecule has 10 heteroatoms. The number of hydrogen-bond donors (Lipinski definition) is 3. The summed E-state index contributed by atoms with van der Waals surface area (Å²) in [5.74, 6) is 0.576. The van der Waals surface area contributed by atoms with Crippen LogP contribution in [0.4, 0.5) is 5.69 Å². The zero-order valence-electron chi connectivity index (χ0n) is 13.6. The van der Waals surface area contributed by atoms with Gasteiger partial charge >= 0.3 is 0 Å². The number of anilines is 1. The summed E-state index contributed by atoms with van der Waals surface area (Å²) < 4.78 is 32.4. The number of benzene rings is 2. The first kappa shape index (κ1) is 18.5. The number of nitrogens with two attached hydrogens (primary N) is 1. The van der Waals surface area contributed by atoms with E-state index in [-0.39, 0.29) is 27.4 Å². The van der Waals surface area contributed by atoms with Crippen molar-refractivity contribution >= 4 is 38.2 Å². The SMILES string of the molecule is COc1ccc2c(c1)c(CN)cn2S(=O)(=O)c1ccc(Cl)c(N(O)O)c1. The minimum atomic E-state index is -4.03. The van der Waals surface area contributed by atoms with Gasteiger partial charge in [-0.05, 0) is 42.0 Å². The number of nitrogens with zero attached hydrogens (tertiary/aromatic N) is 2. The molecule has 138 valence electrons. The van der Waals surface area contributed by atoms with Gasteiger partial charge in [-0.3, -0.25) is 10.4 Å². The Morgan fingerprint density at radius 2 is 1.96 bits per heavy atom. The zero-order valence-corrected chi connectivity index (χ0v) is 15.2. The molecule has 0 radical (unpaired) electrons. The lowest BCUT2D eigenvalue weighted by atomic mass is 10.2. The molecule has 0 spiro atoms. The number of aromatic nitrogens is 1. The molecule has 0 aliphatic heterocycles. The molecule has 3 aromatic rings. The number of ether oxygens (including phenoxy) is 1. The van der Waals surface area contributed by atoms with Crippen molar-refractivity contribution in [2.45, 2.75) is 11.4 Å². The average molecular weight is 398 g/mol. The van der Waals surface area contributed by atoms with Gasteiger partial charge in [0.1, 0.15) is 11.4 Å². The number of methoxy groups -OCH3 is 1. The Labute approximate surface area is 154 Å². The molecule has 0 amide bonds. The van der Waals surface area contributed by atoms with Crippen LogP contribution in [0, 0.1) is 0 Å². The molecule has 1 heterocycles. The monoisotopic (exact) mass is 397 g/mol. The topological polar surface area (TPSA) is 118 Å². The lowest BCUT2D eigenvalue weighted by Gasteiger charge is -2.13. The molecular formula is C16H16ClN3O5S. The molecule has 2 aromatic carbocycles. The molecular weight excluding hydrogens is 382 g/mol. The summed E-state index contributed by atoms with van der Waals surface area (Å²) in [6.45, 7) is 0.138. The summed E-state index contributed by atoms with van der Waals surface area (Å²) in [5.41, 5.74) is 6.54. The number of rotatable bonds is 5. The molecule has 0 bridgehead atoms. The van der Waals surface area contributed by atoms with E-state index in [1.54, 1.807) is 18.2 Å². The van der Waals surface area contributed by atoms with E-state index in [2.05, 4.69) is 0 Å². The number of hydrogen-bond acceptors (Lipinski definition) is 7. The highest BCUT2D eigenvalue weighted by molar-refractivity contribution is 7.90. The number of halogens is 1. The van der Waals surface area contributed by atoms with Crippen LogP contribution >= 0.6 is 11.6 Å². The Balaban J connectivity index is 2.24. The van der Waals surface area contributed by atoms with Crippen molar-refractivity contribution in [2.24, 2.45) is 5.73 Å². The van der Waals surface area contributed by atoms with Gasteiger partial charge in [-0.2, -0.15) is 0 Å². The van der Waals surface area contributed by atoms with Gasteiger partial charge in [0.2, 0.25) is 0 Å². The van der Waals surface area contributed by atoms with Crippen molar-refractivity contribution in [3.8, 4) is 5.75 Å². The van der Waals surface area contributed by atoms with Crippen LogP contribution in [-0.4, -0.2) is 29.9 Å². The van der Waals surface area contributed by atoms with E-state index in [9.17, 15) is 18.8 Å². The number of fused-ring (bicyclic) bond motifs is 1. The molecule has 0 saturated heterocycles. The van der Waals surface area contributed by atoms with E-state index in [1.807, 2.05) is 0 Å². The smallest absolute Gasteiger partial charge is 0.268 e. The van der Waals surface area contributed by atoms with Crippen LogP contribution in [0.2, 0.25) is 5.02 Å². The van der Waals surface area contributed by atoms with Crippen LogP contribution in [0.3, 0.4) is 0 Å². The highest BCUT2D eigenvalue weighted by atomic mass is 35.5. The van der Waals surface area contributed by atoms with E-state index in [0.29, 0.717) is 22.2 Å². The van der Waals surface area contributed by atoms with Gasteiger partial charge in [0.25, 0.3) is 10.0 Å². The first-order valence-electron chi connectivity index (χ1n) is 7.40. The van der Waals surface area contributed by atoms with Crippen LogP contribution in [-0.2, 0) is 16.6 Å². The third kappa shape index (κ3) is 3.00. The van der Waals surface area contributed by atoms with E-state index in [1.165, 1.54) is 25.4 Å². The maximum Gasteiger partial charge on any atom is 0.268 e. The van der Waals surface area contributed by atoms with E-state index >= 15 is 0 Å². The molecule has 0 aliphatic rings. The minimum Gasteiger partial charge on any atom is -0.497 e. The second-order valence-corrected chi connectivity index (χ2v) is 7.67. The molecule has 1 aromatic heterocycles. The van der Waals surface area contributed by atoms with Crippen LogP contribution in [0.25, 0.3) is 10.9 Å². The normalized spacial score (nSPS) is 11.7. The maximum absolute atomic E-state index is 13.1. The molecule has 4 N–H and O–H groups in total. The zero-order chi connectivity index (χ0) is 19.1. The van der Waals surface area contributed by atoms with Crippen LogP contribution in [0.15, 0.2) is 47.5 Å². The van der Waals surface area contributed by atoms with Crippen molar-refractivity contribution in [1.82, 2.24) is 3.97 Å². The fraction of sp³-hybridized carbons (Fsp3) is 0.125. The summed E-state index contributed by atoms with van der Waals surface area (Å²) in [4.78, 5) is -0.165. The average Bonchev–Trinajstić information content (AvgIpc) is 3.00. The molecule has 0 atom stereocenters. The fourth-order valence-corrected chi connectivity index (χ4v) is 4.26. The minimum absolute atomic E-state index is 0.0151. The van der Waals surface area contributed by atoms with Crippen molar-refractivity contribution in [2.75, 3.05) is 12.3 Å². The largest absolute Gasteiger partial charge is 0.497 e. The van der Waals surface area contributed by atoms with E-state index < -0.39 is 10.0 Å². The maximum atomic E-state index is 13.1. The van der Waals surface area contributed by atoms with Gasteiger partial charge in [0, 0.05) is 18.1 Å². The van der Waals surface area contributed by atoms with Crippen LogP contribution in [0.1, 0.15) is 5.56 Å². The first-order chi connectivity index (χ1) is 12.3. The van der Waals surface area contributed by atoms with Gasteiger partial charge < -0.3 is 10.5 Å². The van der Waals surface area contributed by atoms with Crippen molar-refractivity contribution in [3.63, 3.8) is 0 Å². The van der Waals surface area contributed by atoms with Gasteiger partial charge in [0.05, 0.1) is 22.5 Å². The van der Waals surface area contributed by atoms with Gasteiger partial charge in [-0.15, -0.1) is 5.23 Å². The van der Waals surface area contributed by atoms with Gasteiger partial charge in [-0.25, -0.2) is 12.4 Å². The van der Waals surface area contributed by atoms with Crippen molar-refractivity contribution < 1.29 is 23.6 Å². The Kier molecular flexibility index (Phi) is 4.82. The Bertz CT molecular complexity index is 1080. The first-order valence-corrected chi connectivity index (χ1v) is 9.22. The molecule has 0 saturated carbocycles. The second-order valence-electron chi connectivity index (χ2n) is 5.45. The Morgan fingerprint density at radius 1 is 1.23 bits per heavy atom. The second kappa shape index (κ2) is 6.78. The summed E-state index contributed by atoms with van der Waals surface area (Å²) >= 11 is 5.85. The predicted octanol–water partition coefficient (Wildman–Crippen LogP) is 2.58. The molecule has 0 aliphatic carbocycles. The summed E-state index contributed by atoms with van der Waals surface area (Å²) in [6.07, 6.45) is 1.43. The van der Waals surface area contributed by atoms with Gasteiger partial charge in [0.15, 0.2) is 0 Å². The fourth-order valence-electron chi connectivity index (χ4n) is 2.65. The predicted molar refractivity (Wildman–Crippen MR) is 96.5 cm³/mol. The molecule has 8 nitrogen and oxygen atoms in total. The quantitative estimate of drug-likeness (QED) is 0.566. The summed E-state index contributed by atoms with van der Waals surface area (Å²) in [6, 6.07) is 8.58. The lowest BCUT2D eigenvalue weighted by Crippen LogP contribution is -2.15. The Morgan fingerprint density at radius 3 is 2.58 bits per heavy atom. The standard InChI is InChI=1S/C16H16ClN3O5S/c1-25-11-2-5-15-13(6-11)10(8-18)9-19(15)26(23,24)12-3-4-14(17)16(7-12)20(21)22/h2-7,9,21-22H,8,18H2,1H3. The van der Waals surface area contributed by atoms with Gasteiger partial charge in [-0.1, -0.05) is 11.6 Å². The third-order valence-corrected chi connectivity index (χ3v) is 5.96. The third-order valence-electron chi connectivity index (χ3n) is 3.97. The molecule has 3 rings (SSSR count). The summed E-state index contributed by atoms with van der Waals surface area (Å²) in [5, 5.41) is 18.8. The molecule has 0 fully saturated rings. The molecule has 0 unspecified atom stereocenters. The molecule has 26 heavy (non-hydrogen) atoms. The van der Waals surface area contributed by atoms with Crippen molar-refractivity contribution in [1.29, 1.82) is 0 Å². The van der Waals surface area contributed by atoms with Crippen molar-refractivity contribution in [3.05, 3.63) is 53.2 Å². The lowest BCUT2D eigenvalue weighted by molar-refractivity contribution is 0.0291. The highest BCUT2D eigenvalue weighted by Gasteiger charge is 2.23. The highest BCUT2D eigenvalue weighted by Crippen LogP contribution is 2.32. The van der Waals surface area contributed by atoms with Crippen LogP contribution < -0.4 is 15.7 Å². The Hall–Kier alpha value is -2.30.